The standard InChI is InChI=1S/2C10H17O.Al/c2*1-9(2)7-4-5-10(9,3)8(11)6-7;/h2*7-8H,4-6H2,1-3H3;/q2*-1;+3. The second kappa shape index (κ2) is 5.00. The van der Waals surface area contributed by atoms with E-state index in [0.717, 1.165) is 11.8 Å². The summed E-state index contributed by atoms with van der Waals surface area (Å²) >= 11 is -0.314. The van der Waals surface area contributed by atoms with E-state index in [1.165, 1.54) is 38.5 Å². The maximum absolute atomic E-state index is 6.42. The van der Waals surface area contributed by atoms with Gasteiger partial charge in [0.05, 0.1) is 0 Å². The predicted molar refractivity (Wildman–Crippen MR) is 94.0 cm³/mol. The Morgan fingerprint density at radius 2 is 1.09 bits per heavy atom. The molecule has 0 N–H and O–H groups in total. The Balaban J connectivity index is 1.36. The first kappa shape index (κ1) is 16.9. The first-order valence-corrected chi connectivity index (χ1v) is 10.7. The van der Waals surface area contributed by atoms with Crippen LogP contribution in [0.4, 0.5) is 0 Å². The zero-order chi connectivity index (χ0) is 16.7. The van der Waals surface area contributed by atoms with Crippen molar-refractivity contribution in [1.29, 1.82) is 0 Å². The van der Waals surface area contributed by atoms with E-state index in [1.807, 2.05) is 0 Å². The average Bonchev–Trinajstić information content (AvgIpc) is 2.98. The van der Waals surface area contributed by atoms with Crippen LogP contribution in [-0.4, -0.2) is 28.1 Å². The second-order valence-electron chi connectivity index (χ2n) is 10.6. The van der Waals surface area contributed by atoms with Gasteiger partial charge in [-0.1, -0.05) is 0 Å². The first-order chi connectivity index (χ1) is 10.6. The molecule has 0 aromatic rings. The molecule has 4 bridgehead atoms. The molecular formula is C20H34AlO2+. The molecule has 4 saturated carbocycles. The van der Waals surface area contributed by atoms with Crippen LogP contribution < -0.4 is 0 Å². The Hall–Kier alpha value is 0.452. The molecule has 0 aromatic heterocycles. The van der Waals surface area contributed by atoms with Gasteiger partial charge in [0.1, 0.15) is 0 Å². The molecule has 128 valence electrons. The molecule has 0 heterocycles. The third-order valence-electron chi connectivity index (χ3n) is 9.87. The monoisotopic (exact) mass is 333 g/mol. The molecule has 2 nitrogen and oxygen atoms in total. The minimum atomic E-state index is -0.314. The molecule has 4 fully saturated rings. The van der Waals surface area contributed by atoms with Gasteiger partial charge in [-0.2, -0.15) is 0 Å². The quantitative estimate of drug-likeness (QED) is 0.675. The Labute approximate surface area is 149 Å². The topological polar surface area (TPSA) is 18.5 Å². The molecule has 0 saturated heterocycles. The Morgan fingerprint density at radius 1 is 0.696 bits per heavy atom. The van der Waals surface area contributed by atoms with Crippen LogP contribution >= 0.6 is 0 Å². The molecule has 4 rings (SSSR count). The summed E-state index contributed by atoms with van der Waals surface area (Å²) in [5.41, 5.74) is 1.62. The summed E-state index contributed by atoms with van der Waals surface area (Å²) in [4.78, 5) is 0. The van der Waals surface area contributed by atoms with Gasteiger partial charge in [0.15, 0.2) is 0 Å². The van der Waals surface area contributed by atoms with Gasteiger partial charge in [-0.15, -0.1) is 0 Å². The van der Waals surface area contributed by atoms with Crippen molar-refractivity contribution >= 4 is 15.9 Å². The third kappa shape index (κ3) is 2.00. The van der Waals surface area contributed by atoms with E-state index >= 15 is 0 Å². The van der Waals surface area contributed by atoms with Gasteiger partial charge in [0.2, 0.25) is 0 Å². The second-order valence-corrected chi connectivity index (χ2v) is 11.3. The summed E-state index contributed by atoms with van der Waals surface area (Å²) in [5.74, 6) is 1.71. The van der Waals surface area contributed by atoms with Crippen molar-refractivity contribution in [2.24, 2.45) is 33.5 Å². The van der Waals surface area contributed by atoms with Gasteiger partial charge in [0, 0.05) is 0 Å². The minimum absolute atomic E-state index is 0.314. The van der Waals surface area contributed by atoms with Crippen molar-refractivity contribution in [2.75, 3.05) is 0 Å². The Bertz CT molecular complexity index is 458. The molecule has 0 aromatic carbocycles. The van der Waals surface area contributed by atoms with Gasteiger partial charge < -0.3 is 0 Å². The summed E-state index contributed by atoms with van der Waals surface area (Å²) in [5, 5.41) is 0. The van der Waals surface area contributed by atoms with Crippen LogP contribution in [0.3, 0.4) is 0 Å². The number of fused-ring (bicyclic) bond motifs is 4. The van der Waals surface area contributed by atoms with Gasteiger partial charge in [-0.3, -0.25) is 0 Å². The molecule has 23 heavy (non-hydrogen) atoms. The molecule has 4 aliphatic rings. The van der Waals surface area contributed by atoms with Crippen LogP contribution in [0.2, 0.25) is 0 Å². The SMILES string of the molecule is CC1(C)C2CCC1(C)C([O][Al+][O]C1CC3CCC1(C)C3(C)C)C2. The zero-order valence-electron chi connectivity index (χ0n) is 15.9. The first-order valence-electron chi connectivity index (χ1n) is 9.75. The van der Waals surface area contributed by atoms with Crippen LogP contribution in [-0.2, 0) is 7.58 Å². The van der Waals surface area contributed by atoms with Crippen molar-refractivity contribution < 1.29 is 7.58 Å². The summed E-state index contributed by atoms with van der Waals surface area (Å²) in [7, 11) is 0. The van der Waals surface area contributed by atoms with Crippen molar-refractivity contribution in [3.8, 4) is 0 Å². The maximum atomic E-state index is 6.42. The molecule has 6 atom stereocenters. The van der Waals surface area contributed by atoms with Gasteiger partial charge in [-0.25, -0.2) is 0 Å². The predicted octanol–water partition coefficient (Wildman–Crippen LogP) is 4.98. The average molecular weight is 333 g/mol. The Kier molecular flexibility index (Phi) is 3.67. The normalized spacial score (nSPS) is 52.1. The summed E-state index contributed by atoms with van der Waals surface area (Å²) in [6, 6.07) is 0. The van der Waals surface area contributed by atoms with Crippen molar-refractivity contribution in [3.63, 3.8) is 0 Å². The zero-order valence-corrected chi connectivity index (χ0v) is 17.1. The van der Waals surface area contributed by atoms with Gasteiger partial charge in [0.25, 0.3) is 0 Å². The molecule has 0 aliphatic heterocycles. The molecule has 6 unspecified atom stereocenters. The van der Waals surface area contributed by atoms with E-state index in [4.69, 9.17) is 7.58 Å². The fourth-order valence-electron chi connectivity index (χ4n) is 6.84. The molecule has 4 aliphatic carbocycles. The summed E-state index contributed by atoms with van der Waals surface area (Å²) in [6.07, 6.45) is 8.87. The molecular weight excluding hydrogens is 299 g/mol. The fourth-order valence-corrected chi connectivity index (χ4v) is 7.99. The summed E-state index contributed by atoms with van der Waals surface area (Å²) < 4.78 is 12.8. The van der Waals surface area contributed by atoms with E-state index in [1.54, 1.807) is 0 Å². The van der Waals surface area contributed by atoms with E-state index in [2.05, 4.69) is 41.5 Å². The van der Waals surface area contributed by atoms with E-state index < -0.39 is 0 Å². The van der Waals surface area contributed by atoms with Crippen molar-refractivity contribution in [2.45, 2.75) is 92.3 Å². The van der Waals surface area contributed by atoms with E-state index in [-0.39, 0.29) is 15.9 Å². The molecule has 0 radical (unpaired) electrons. The van der Waals surface area contributed by atoms with Crippen LogP contribution in [0, 0.1) is 33.5 Å². The third-order valence-corrected chi connectivity index (χ3v) is 10.7. The number of hydrogen-bond acceptors (Lipinski definition) is 2. The van der Waals surface area contributed by atoms with Crippen molar-refractivity contribution in [3.05, 3.63) is 0 Å². The van der Waals surface area contributed by atoms with Crippen LogP contribution in [0.5, 0.6) is 0 Å². The van der Waals surface area contributed by atoms with Gasteiger partial charge >= 0.3 is 149 Å². The molecule has 3 heteroatoms. The van der Waals surface area contributed by atoms with Crippen LogP contribution in [0.25, 0.3) is 0 Å². The molecule has 0 amide bonds. The fraction of sp³-hybridized carbons (Fsp3) is 1.00. The molecule has 0 spiro atoms. The van der Waals surface area contributed by atoms with Crippen LogP contribution in [0.1, 0.15) is 80.1 Å². The van der Waals surface area contributed by atoms with Crippen LogP contribution in [0.15, 0.2) is 0 Å². The van der Waals surface area contributed by atoms with Crippen molar-refractivity contribution in [1.82, 2.24) is 0 Å². The number of rotatable bonds is 4. The Morgan fingerprint density at radius 3 is 1.35 bits per heavy atom. The van der Waals surface area contributed by atoms with E-state index in [0.29, 0.717) is 33.9 Å². The van der Waals surface area contributed by atoms with Gasteiger partial charge in [-0.05, 0) is 0 Å². The van der Waals surface area contributed by atoms with E-state index in [9.17, 15) is 0 Å². The summed E-state index contributed by atoms with van der Waals surface area (Å²) in [6.45, 7) is 14.8. The number of hydrogen-bond donors (Lipinski definition) is 0.